The Balaban J connectivity index is 2.03. The van der Waals surface area contributed by atoms with Crippen LogP contribution in [0.15, 0.2) is 33.2 Å². The van der Waals surface area contributed by atoms with Gasteiger partial charge in [-0.1, -0.05) is 22.9 Å². The van der Waals surface area contributed by atoms with Crippen LogP contribution in [0.2, 0.25) is 0 Å². The number of hydrogen-bond donors (Lipinski definition) is 0. The van der Waals surface area contributed by atoms with Crippen molar-refractivity contribution in [2.45, 2.75) is 19.3 Å². The zero-order chi connectivity index (χ0) is 11.3. The molecule has 2 atom stereocenters. The molecule has 16 heavy (non-hydrogen) atoms. The van der Waals surface area contributed by atoms with Gasteiger partial charge in [0.15, 0.2) is 0 Å². The Kier molecular flexibility index (Phi) is 2.18. The lowest BCUT2D eigenvalue weighted by Crippen LogP contribution is -2.32. The summed E-state index contributed by atoms with van der Waals surface area (Å²) < 4.78 is 6.82. The van der Waals surface area contributed by atoms with Crippen LogP contribution in [0.4, 0.5) is 0 Å². The van der Waals surface area contributed by atoms with E-state index in [0.717, 1.165) is 21.2 Å². The van der Waals surface area contributed by atoms with Crippen LogP contribution in [0.1, 0.15) is 25.0 Å². The molecular weight excluding hydrogens is 268 g/mol. The fourth-order valence-electron chi connectivity index (χ4n) is 2.21. The molecule has 1 aliphatic rings. The molecule has 3 heteroatoms. The lowest BCUT2D eigenvalue weighted by molar-refractivity contribution is -0.130. The zero-order valence-corrected chi connectivity index (χ0v) is 10.5. The van der Waals surface area contributed by atoms with E-state index in [1.807, 2.05) is 31.2 Å². The summed E-state index contributed by atoms with van der Waals surface area (Å²) in [7, 11) is 0. The Labute approximate surface area is 102 Å². The summed E-state index contributed by atoms with van der Waals surface area (Å²) in [6, 6.07) is 8.00. The normalized spacial score (nSPS) is 24.8. The second kappa shape index (κ2) is 3.45. The number of carbonyl (C=O) groups is 1. The molecule has 0 radical (unpaired) electrons. The third-order valence-electron chi connectivity index (χ3n) is 3.40. The minimum Gasteiger partial charge on any atom is -0.461 e. The summed E-state index contributed by atoms with van der Waals surface area (Å²) >= 11 is 3.44. The SMILES string of the molecule is CC1C(=O)CC1c1cc2cc(Br)ccc2o1. The van der Waals surface area contributed by atoms with Crippen molar-refractivity contribution >= 4 is 32.7 Å². The van der Waals surface area contributed by atoms with Crippen molar-refractivity contribution in [2.24, 2.45) is 5.92 Å². The minimum atomic E-state index is 0.115. The lowest BCUT2D eigenvalue weighted by Gasteiger charge is -2.30. The molecule has 1 saturated carbocycles. The van der Waals surface area contributed by atoms with Crippen molar-refractivity contribution in [2.75, 3.05) is 0 Å². The van der Waals surface area contributed by atoms with Crippen LogP contribution in [0.5, 0.6) is 0 Å². The smallest absolute Gasteiger partial charge is 0.137 e. The predicted molar refractivity (Wildman–Crippen MR) is 65.4 cm³/mol. The number of ketones is 1. The molecule has 1 heterocycles. The fourth-order valence-corrected chi connectivity index (χ4v) is 2.59. The number of halogens is 1. The van der Waals surface area contributed by atoms with Gasteiger partial charge in [-0.05, 0) is 24.3 Å². The molecule has 2 nitrogen and oxygen atoms in total. The van der Waals surface area contributed by atoms with Crippen LogP contribution in [0.25, 0.3) is 11.0 Å². The zero-order valence-electron chi connectivity index (χ0n) is 8.87. The Morgan fingerprint density at radius 1 is 1.38 bits per heavy atom. The van der Waals surface area contributed by atoms with E-state index in [0.29, 0.717) is 12.2 Å². The Morgan fingerprint density at radius 2 is 2.19 bits per heavy atom. The van der Waals surface area contributed by atoms with E-state index in [2.05, 4.69) is 15.9 Å². The van der Waals surface area contributed by atoms with Gasteiger partial charge in [0.1, 0.15) is 17.1 Å². The first kappa shape index (κ1) is 10.1. The van der Waals surface area contributed by atoms with Crippen molar-refractivity contribution < 1.29 is 9.21 Å². The minimum absolute atomic E-state index is 0.115. The predicted octanol–water partition coefficient (Wildman–Crippen LogP) is 3.89. The van der Waals surface area contributed by atoms with E-state index >= 15 is 0 Å². The quantitative estimate of drug-likeness (QED) is 0.792. The number of fused-ring (bicyclic) bond motifs is 1. The Bertz CT molecular complexity index is 570. The van der Waals surface area contributed by atoms with E-state index in [-0.39, 0.29) is 11.8 Å². The third-order valence-corrected chi connectivity index (χ3v) is 3.89. The maximum atomic E-state index is 11.2. The van der Waals surface area contributed by atoms with Crippen LogP contribution in [-0.2, 0) is 4.79 Å². The molecule has 1 fully saturated rings. The van der Waals surface area contributed by atoms with Gasteiger partial charge in [0.2, 0.25) is 0 Å². The summed E-state index contributed by atoms with van der Waals surface area (Å²) in [5, 5.41) is 1.09. The standard InChI is InChI=1S/C13H11BrO2/c1-7-10(6-11(7)15)13-5-8-4-9(14)2-3-12(8)16-13/h2-5,7,10H,6H2,1H3. The van der Waals surface area contributed by atoms with Gasteiger partial charge in [-0.15, -0.1) is 0 Å². The van der Waals surface area contributed by atoms with E-state index in [1.165, 1.54) is 0 Å². The summed E-state index contributed by atoms with van der Waals surface area (Å²) in [5.41, 5.74) is 0.893. The van der Waals surface area contributed by atoms with Gasteiger partial charge in [0, 0.05) is 28.1 Å². The molecule has 0 spiro atoms. The molecule has 0 saturated heterocycles. The first-order chi connectivity index (χ1) is 7.65. The molecular formula is C13H11BrO2. The molecule has 0 aliphatic heterocycles. The highest BCUT2D eigenvalue weighted by Crippen LogP contribution is 2.41. The van der Waals surface area contributed by atoms with Crippen molar-refractivity contribution in [3.8, 4) is 0 Å². The van der Waals surface area contributed by atoms with Crippen LogP contribution < -0.4 is 0 Å². The van der Waals surface area contributed by atoms with Gasteiger partial charge in [-0.3, -0.25) is 4.79 Å². The highest BCUT2D eigenvalue weighted by atomic mass is 79.9. The number of rotatable bonds is 1. The monoisotopic (exact) mass is 278 g/mol. The van der Waals surface area contributed by atoms with E-state index in [1.54, 1.807) is 0 Å². The van der Waals surface area contributed by atoms with Gasteiger partial charge in [0.25, 0.3) is 0 Å². The van der Waals surface area contributed by atoms with Crippen molar-refractivity contribution in [1.82, 2.24) is 0 Å². The van der Waals surface area contributed by atoms with Crippen molar-refractivity contribution in [3.63, 3.8) is 0 Å². The largest absolute Gasteiger partial charge is 0.461 e. The maximum Gasteiger partial charge on any atom is 0.137 e. The first-order valence-electron chi connectivity index (χ1n) is 5.37. The lowest BCUT2D eigenvalue weighted by atomic mass is 9.72. The third kappa shape index (κ3) is 1.42. The average molecular weight is 279 g/mol. The molecule has 0 amide bonds. The van der Waals surface area contributed by atoms with Gasteiger partial charge >= 0.3 is 0 Å². The molecule has 1 aromatic carbocycles. The van der Waals surface area contributed by atoms with E-state index < -0.39 is 0 Å². The number of Topliss-reactive ketones (excluding diaryl/α,β-unsaturated/α-hetero) is 1. The summed E-state index contributed by atoms with van der Waals surface area (Å²) in [5.74, 6) is 1.68. The molecule has 0 bridgehead atoms. The molecule has 3 rings (SSSR count). The number of hydrogen-bond acceptors (Lipinski definition) is 2. The molecule has 2 aromatic rings. The maximum absolute atomic E-state index is 11.2. The number of carbonyl (C=O) groups excluding carboxylic acids is 1. The van der Waals surface area contributed by atoms with Gasteiger partial charge in [-0.25, -0.2) is 0 Å². The average Bonchev–Trinajstić information content (AvgIpc) is 2.67. The molecule has 2 unspecified atom stereocenters. The first-order valence-corrected chi connectivity index (χ1v) is 6.16. The van der Waals surface area contributed by atoms with Crippen LogP contribution in [0, 0.1) is 5.92 Å². The molecule has 82 valence electrons. The highest BCUT2D eigenvalue weighted by Gasteiger charge is 2.39. The van der Waals surface area contributed by atoms with Gasteiger partial charge in [-0.2, -0.15) is 0 Å². The number of furan rings is 1. The molecule has 0 N–H and O–H groups in total. The van der Waals surface area contributed by atoms with E-state index in [4.69, 9.17) is 4.42 Å². The molecule has 1 aromatic heterocycles. The summed E-state index contributed by atoms with van der Waals surface area (Å²) in [6.07, 6.45) is 0.627. The van der Waals surface area contributed by atoms with Crippen LogP contribution in [-0.4, -0.2) is 5.78 Å². The topological polar surface area (TPSA) is 30.2 Å². The second-order valence-electron chi connectivity index (χ2n) is 4.40. The second-order valence-corrected chi connectivity index (χ2v) is 5.31. The van der Waals surface area contributed by atoms with Gasteiger partial charge < -0.3 is 4.42 Å². The van der Waals surface area contributed by atoms with Crippen LogP contribution in [0.3, 0.4) is 0 Å². The van der Waals surface area contributed by atoms with E-state index in [9.17, 15) is 4.79 Å². The summed E-state index contributed by atoms with van der Waals surface area (Å²) in [6.45, 7) is 1.97. The van der Waals surface area contributed by atoms with Crippen molar-refractivity contribution in [3.05, 3.63) is 34.5 Å². The Morgan fingerprint density at radius 3 is 2.88 bits per heavy atom. The van der Waals surface area contributed by atoms with Crippen molar-refractivity contribution in [1.29, 1.82) is 0 Å². The number of benzene rings is 1. The Hall–Kier alpha value is -1.09. The fraction of sp³-hybridized carbons (Fsp3) is 0.308. The summed E-state index contributed by atoms with van der Waals surface area (Å²) in [4.78, 5) is 11.2. The van der Waals surface area contributed by atoms with Crippen LogP contribution >= 0.6 is 15.9 Å². The highest BCUT2D eigenvalue weighted by molar-refractivity contribution is 9.10. The molecule has 1 aliphatic carbocycles. The van der Waals surface area contributed by atoms with Gasteiger partial charge in [0.05, 0.1) is 0 Å².